The number of nitrogens with one attached hydrogen (secondary N) is 1. The molecule has 0 spiro atoms. The molecule has 0 aliphatic carbocycles. The Morgan fingerprint density at radius 3 is 2.63 bits per heavy atom. The zero-order chi connectivity index (χ0) is 19.8. The van der Waals surface area contributed by atoms with Crippen molar-refractivity contribution in [2.75, 3.05) is 19.3 Å². The van der Waals surface area contributed by atoms with Crippen molar-refractivity contribution in [2.45, 2.75) is 58.2 Å². The fraction of sp³-hybridized carbons (Fsp3) is 0.706. The Hall–Kier alpha value is -1.94. The largest absolute Gasteiger partial charge is 0.335 e. The summed E-state index contributed by atoms with van der Waals surface area (Å²) < 4.78 is 27.8. The van der Waals surface area contributed by atoms with Crippen LogP contribution in [0.4, 0.5) is 4.79 Å². The van der Waals surface area contributed by atoms with E-state index in [9.17, 15) is 18.0 Å². The van der Waals surface area contributed by atoms with E-state index in [1.807, 2.05) is 6.20 Å². The molecule has 2 aliphatic rings. The van der Waals surface area contributed by atoms with Gasteiger partial charge in [0.25, 0.3) is 5.91 Å². The first-order valence-electron chi connectivity index (χ1n) is 9.22. The molecule has 150 valence electrons. The Kier molecular flexibility index (Phi) is 5.31. The van der Waals surface area contributed by atoms with Crippen LogP contribution in [0, 0.1) is 0 Å². The SMILES string of the molecule is CC1(C)NC(=O)N(CCCN(Cc2cn3c(n2)CCCC3)S(C)(=O)=O)C1=O. The predicted octanol–water partition coefficient (Wildman–Crippen LogP) is 0.702. The molecule has 0 atom stereocenters. The van der Waals surface area contributed by atoms with E-state index in [0.717, 1.165) is 42.2 Å². The molecule has 0 unspecified atom stereocenters. The number of fused-ring (bicyclic) bond motifs is 1. The molecule has 0 aromatic carbocycles. The quantitative estimate of drug-likeness (QED) is 0.682. The Bertz CT molecular complexity index is 822. The number of aromatic nitrogens is 2. The van der Waals surface area contributed by atoms with Crippen LogP contribution in [-0.4, -0.2) is 64.0 Å². The van der Waals surface area contributed by atoms with Crippen LogP contribution in [0.1, 0.15) is 44.6 Å². The summed E-state index contributed by atoms with van der Waals surface area (Å²) in [6.45, 7) is 4.82. The molecule has 1 aromatic heterocycles. The van der Waals surface area contributed by atoms with E-state index in [0.29, 0.717) is 6.42 Å². The van der Waals surface area contributed by atoms with Gasteiger partial charge >= 0.3 is 6.03 Å². The second-order valence-electron chi connectivity index (χ2n) is 7.76. The van der Waals surface area contributed by atoms with Crippen molar-refractivity contribution in [3.63, 3.8) is 0 Å². The number of amides is 3. The summed E-state index contributed by atoms with van der Waals surface area (Å²) >= 11 is 0. The lowest BCUT2D eigenvalue weighted by Gasteiger charge is -2.21. The summed E-state index contributed by atoms with van der Waals surface area (Å²) in [4.78, 5) is 29.8. The van der Waals surface area contributed by atoms with Gasteiger partial charge in [0.05, 0.1) is 18.5 Å². The molecule has 9 nitrogen and oxygen atoms in total. The van der Waals surface area contributed by atoms with Gasteiger partial charge in [0.1, 0.15) is 11.4 Å². The molecular weight excluding hydrogens is 370 g/mol. The molecule has 3 rings (SSSR count). The summed E-state index contributed by atoms with van der Waals surface area (Å²) in [5, 5.41) is 2.62. The maximum atomic E-state index is 12.2. The highest BCUT2D eigenvalue weighted by atomic mass is 32.2. The Balaban J connectivity index is 1.62. The fourth-order valence-electron chi connectivity index (χ4n) is 3.52. The average Bonchev–Trinajstić information content (AvgIpc) is 3.05. The number of hydrogen-bond donors (Lipinski definition) is 1. The molecule has 0 bridgehead atoms. The zero-order valence-corrected chi connectivity index (χ0v) is 16.9. The van der Waals surface area contributed by atoms with Gasteiger partial charge in [-0.15, -0.1) is 0 Å². The van der Waals surface area contributed by atoms with Crippen LogP contribution in [0.2, 0.25) is 0 Å². The van der Waals surface area contributed by atoms with Gasteiger partial charge < -0.3 is 9.88 Å². The second kappa shape index (κ2) is 7.23. The van der Waals surface area contributed by atoms with Gasteiger partial charge in [-0.2, -0.15) is 4.31 Å². The predicted molar refractivity (Wildman–Crippen MR) is 99.4 cm³/mol. The van der Waals surface area contributed by atoms with E-state index >= 15 is 0 Å². The lowest BCUT2D eigenvalue weighted by Crippen LogP contribution is -2.40. The Morgan fingerprint density at radius 1 is 1.30 bits per heavy atom. The van der Waals surface area contributed by atoms with Gasteiger partial charge in [-0.1, -0.05) is 0 Å². The van der Waals surface area contributed by atoms with E-state index in [-0.39, 0.29) is 25.5 Å². The normalized spacial score (nSPS) is 19.5. The summed E-state index contributed by atoms with van der Waals surface area (Å²) in [6.07, 6.45) is 6.60. The first-order valence-corrected chi connectivity index (χ1v) is 11.1. The number of imide groups is 1. The molecular formula is C17H27N5O4S. The van der Waals surface area contributed by atoms with E-state index in [2.05, 4.69) is 14.9 Å². The molecule has 10 heteroatoms. The second-order valence-corrected chi connectivity index (χ2v) is 9.74. The molecule has 1 saturated heterocycles. The van der Waals surface area contributed by atoms with Gasteiger partial charge in [-0.3, -0.25) is 9.69 Å². The van der Waals surface area contributed by atoms with Crippen molar-refractivity contribution < 1.29 is 18.0 Å². The molecule has 0 saturated carbocycles. The summed E-state index contributed by atoms with van der Waals surface area (Å²) in [7, 11) is -3.43. The number of imidazole rings is 1. The third kappa shape index (κ3) is 4.32. The first-order chi connectivity index (χ1) is 12.6. The maximum absolute atomic E-state index is 12.2. The zero-order valence-electron chi connectivity index (χ0n) is 16.1. The number of aryl methyl sites for hydroxylation is 2. The van der Waals surface area contributed by atoms with Crippen molar-refractivity contribution in [1.29, 1.82) is 0 Å². The first kappa shape index (κ1) is 19.8. The van der Waals surface area contributed by atoms with Crippen LogP contribution in [0.25, 0.3) is 0 Å². The third-order valence-corrected chi connectivity index (χ3v) is 6.25. The Morgan fingerprint density at radius 2 is 2.04 bits per heavy atom. The minimum absolute atomic E-state index is 0.180. The van der Waals surface area contributed by atoms with Gasteiger partial charge in [0.15, 0.2) is 0 Å². The van der Waals surface area contributed by atoms with E-state index in [1.54, 1.807) is 13.8 Å². The van der Waals surface area contributed by atoms with Crippen LogP contribution < -0.4 is 5.32 Å². The molecule has 1 N–H and O–H groups in total. The van der Waals surface area contributed by atoms with Crippen molar-refractivity contribution in [2.24, 2.45) is 0 Å². The van der Waals surface area contributed by atoms with Crippen LogP contribution in [0.3, 0.4) is 0 Å². The molecule has 3 amide bonds. The van der Waals surface area contributed by atoms with E-state index in [4.69, 9.17) is 0 Å². The fourth-order valence-corrected chi connectivity index (χ4v) is 4.34. The van der Waals surface area contributed by atoms with Crippen molar-refractivity contribution in [3.8, 4) is 0 Å². The minimum atomic E-state index is -3.43. The third-order valence-electron chi connectivity index (χ3n) is 5.00. The summed E-state index contributed by atoms with van der Waals surface area (Å²) in [5.41, 5.74) is -0.184. The van der Waals surface area contributed by atoms with Crippen LogP contribution in [0.15, 0.2) is 6.20 Å². The van der Waals surface area contributed by atoms with Crippen molar-refractivity contribution >= 4 is 22.0 Å². The van der Waals surface area contributed by atoms with Crippen LogP contribution >= 0.6 is 0 Å². The number of hydrogen-bond acceptors (Lipinski definition) is 5. The molecule has 1 aromatic rings. The number of carbonyl (C=O) groups excluding carboxylic acids is 2. The maximum Gasteiger partial charge on any atom is 0.325 e. The molecule has 27 heavy (non-hydrogen) atoms. The molecule has 0 radical (unpaired) electrons. The minimum Gasteiger partial charge on any atom is -0.335 e. The monoisotopic (exact) mass is 397 g/mol. The van der Waals surface area contributed by atoms with Crippen LogP contribution in [0.5, 0.6) is 0 Å². The number of nitrogens with zero attached hydrogens (tertiary/aromatic N) is 4. The van der Waals surface area contributed by atoms with Gasteiger partial charge in [0, 0.05) is 32.3 Å². The topological polar surface area (TPSA) is 105 Å². The average molecular weight is 398 g/mol. The van der Waals surface area contributed by atoms with E-state index < -0.39 is 21.6 Å². The van der Waals surface area contributed by atoms with E-state index in [1.165, 1.54) is 10.6 Å². The van der Waals surface area contributed by atoms with Crippen LogP contribution in [-0.2, 0) is 34.3 Å². The number of rotatable bonds is 7. The highest BCUT2D eigenvalue weighted by Crippen LogP contribution is 2.18. The van der Waals surface area contributed by atoms with Crippen molar-refractivity contribution in [3.05, 3.63) is 17.7 Å². The smallest absolute Gasteiger partial charge is 0.325 e. The standard InChI is InChI=1S/C17H27N5O4S/c1-17(2)15(23)22(16(24)19-17)10-6-9-21(27(3,25)26)12-13-11-20-8-5-4-7-14(20)18-13/h11H,4-10,12H2,1-3H3,(H,19,24). The summed E-state index contributed by atoms with van der Waals surface area (Å²) in [5.74, 6) is 0.714. The highest BCUT2D eigenvalue weighted by Gasteiger charge is 2.43. The molecule has 2 aliphatic heterocycles. The van der Waals surface area contributed by atoms with Crippen molar-refractivity contribution in [1.82, 2.24) is 24.1 Å². The van der Waals surface area contributed by atoms with Gasteiger partial charge in [-0.05, 0) is 33.1 Å². The summed E-state index contributed by atoms with van der Waals surface area (Å²) in [6, 6.07) is -0.433. The molecule has 3 heterocycles. The lowest BCUT2D eigenvalue weighted by atomic mass is 10.1. The van der Waals surface area contributed by atoms with Gasteiger partial charge in [-0.25, -0.2) is 18.2 Å². The highest BCUT2D eigenvalue weighted by molar-refractivity contribution is 7.88. The van der Waals surface area contributed by atoms with Gasteiger partial charge in [0.2, 0.25) is 10.0 Å². The Labute approximate surface area is 159 Å². The number of carbonyl (C=O) groups is 2. The number of sulfonamides is 1. The lowest BCUT2D eigenvalue weighted by molar-refractivity contribution is -0.130. The number of urea groups is 1. The molecule has 1 fully saturated rings.